The number of benzene rings is 3. The summed E-state index contributed by atoms with van der Waals surface area (Å²) >= 11 is 0. The molecule has 9 nitrogen and oxygen atoms in total. The van der Waals surface area contributed by atoms with E-state index in [-0.39, 0.29) is 11.7 Å². The zero-order chi connectivity index (χ0) is 29.2. The van der Waals surface area contributed by atoms with Crippen LogP contribution in [-0.4, -0.2) is 44.7 Å². The average Bonchev–Trinajstić information content (AvgIpc) is 3.46. The van der Waals surface area contributed by atoms with E-state index in [9.17, 15) is 14.4 Å². The topological polar surface area (TPSA) is 113 Å². The number of hydrogen-bond donors (Lipinski definition) is 2. The summed E-state index contributed by atoms with van der Waals surface area (Å²) in [7, 11) is 3.87. The van der Waals surface area contributed by atoms with Crippen molar-refractivity contribution >= 4 is 35.8 Å². The molecule has 0 aliphatic heterocycles. The maximum absolute atomic E-state index is 13.1. The molecule has 3 aromatic carbocycles. The molecule has 4 aromatic rings. The Balaban J connectivity index is 1.47. The van der Waals surface area contributed by atoms with Crippen molar-refractivity contribution in [1.29, 1.82) is 0 Å². The summed E-state index contributed by atoms with van der Waals surface area (Å²) in [5.41, 5.74) is 5.81. The van der Waals surface area contributed by atoms with E-state index in [1.807, 2.05) is 43.3 Å². The molecule has 0 fully saturated rings. The molecule has 9 heteroatoms. The van der Waals surface area contributed by atoms with Crippen molar-refractivity contribution < 1.29 is 23.5 Å². The van der Waals surface area contributed by atoms with Crippen LogP contribution < -0.4 is 15.6 Å². The predicted octanol–water partition coefficient (Wildman–Crippen LogP) is 5.11. The zero-order valence-corrected chi connectivity index (χ0v) is 23.0. The minimum Gasteiger partial charge on any atom is -0.462 e. The molecule has 2 amide bonds. The third kappa shape index (κ3) is 7.79. The van der Waals surface area contributed by atoms with Crippen LogP contribution in [0.4, 0.5) is 5.69 Å². The summed E-state index contributed by atoms with van der Waals surface area (Å²) in [5.74, 6) is -0.465. The largest absolute Gasteiger partial charge is 0.462 e. The van der Waals surface area contributed by atoms with E-state index >= 15 is 0 Å². The molecule has 0 saturated heterocycles. The molecule has 0 radical (unpaired) electrons. The Kier molecular flexibility index (Phi) is 9.45. The summed E-state index contributed by atoms with van der Waals surface area (Å²) < 4.78 is 10.8. The zero-order valence-electron chi connectivity index (χ0n) is 23.0. The number of nitrogens with one attached hydrogen (secondary N) is 2. The number of furan rings is 1. The Hall–Kier alpha value is -5.44. The second-order valence-electron chi connectivity index (χ2n) is 9.06. The van der Waals surface area contributed by atoms with Gasteiger partial charge in [0, 0.05) is 30.9 Å². The van der Waals surface area contributed by atoms with Gasteiger partial charge in [-0.3, -0.25) is 9.59 Å². The summed E-state index contributed by atoms with van der Waals surface area (Å²) in [5, 5.41) is 6.69. The van der Waals surface area contributed by atoms with Crippen LogP contribution in [0.25, 0.3) is 17.4 Å². The number of amides is 2. The molecule has 0 aliphatic rings. The van der Waals surface area contributed by atoms with Crippen molar-refractivity contribution in [3.63, 3.8) is 0 Å². The lowest BCUT2D eigenvalue weighted by molar-refractivity contribution is -0.117. The first-order valence-electron chi connectivity index (χ1n) is 12.9. The van der Waals surface area contributed by atoms with Crippen LogP contribution in [0, 0.1) is 0 Å². The number of carbonyl (C=O) groups excluding carboxylic acids is 3. The first-order chi connectivity index (χ1) is 19.8. The fraction of sp³-hybridized carbons (Fsp3) is 0.125. The Bertz CT molecular complexity index is 1550. The Morgan fingerprint density at radius 2 is 1.59 bits per heavy atom. The summed E-state index contributed by atoms with van der Waals surface area (Å²) in [6.45, 7) is 2.06. The standard InChI is InChI=1S/C32H30N4O5/c1-4-40-32(39)25-14-12-23(13-15-25)29-19-18-27(41-29)21-33-35-31(38)28(34-30(37)24-8-6-5-7-9-24)20-22-10-16-26(17-11-22)36(2)3/h5-21H,4H2,1-3H3,(H,34,37)(H,35,38)/b28-20-,33-21+. The van der Waals surface area contributed by atoms with Crippen LogP contribution in [-0.2, 0) is 9.53 Å². The summed E-state index contributed by atoms with van der Waals surface area (Å²) in [6, 6.07) is 26.4. The Morgan fingerprint density at radius 3 is 2.24 bits per heavy atom. The number of nitrogens with zero attached hydrogens (tertiary/aromatic N) is 2. The molecule has 1 heterocycles. The van der Waals surface area contributed by atoms with Gasteiger partial charge in [0.25, 0.3) is 11.8 Å². The van der Waals surface area contributed by atoms with Crippen molar-refractivity contribution in [2.45, 2.75) is 6.92 Å². The monoisotopic (exact) mass is 550 g/mol. The van der Waals surface area contributed by atoms with Gasteiger partial charge >= 0.3 is 5.97 Å². The van der Waals surface area contributed by atoms with Crippen molar-refractivity contribution in [3.05, 3.63) is 119 Å². The lowest BCUT2D eigenvalue weighted by atomic mass is 10.1. The normalized spacial score (nSPS) is 11.2. The highest BCUT2D eigenvalue weighted by Crippen LogP contribution is 2.22. The second kappa shape index (κ2) is 13.6. The number of ether oxygens (including phenoxy) is 1. The smallest absolute Gasteiger partial charge is 0.338 e. The lowest BCUT2D eigenvalue weighted by Gasteiger charge is -2.12. The predicted molar refractivity (Wildman–Crippen MR) is 158 cm³/mol. The fourth-order valence-corrected chi connectivity index (χ4v) is 3.75. The molecular formula is C32H30N4O5. The van der Waals surface area contributed by atoms with Gasteiger partial charge in [0.2, 0.25) is 0 Å². The number of carbonyl (C=O) groups is 3. The van der Waals surface area contributed by atoms with Gasteiger partial charge in [-0.1, -0.05) is 42.5 Å². The first kappa shape index (κ1) is 28.6. The number of esters is 1. The molecule has 0 spiro atoms. The molecule has 2 N–H and O–H groups in total. The molecular weight excluding hydrogens is 520 g/mol. The molecule has 0 atom stereocenters. The van der Waals surface area contributed by atoms with E-state index in [0.29, 0.717) is 29.3 Å². The average molecular weight is 551 g/mol. The fourth-order valence-electron chi connectivity index (χ4n) is 3.75. The van der Waals surface area contributed by atoms with E-state index in [1.54, 1.807) is 79.7 Å². The van der Waals surface area contributed by atoms with Crippen LogP contribution in [0.15, 0.2) is 106 Å². The van der Waals surface area contributed by atoms with E-state index in [0.717, 1.165) is 16.8 Å². The van der Waals surface area contributed by atoms with Crippen molar-refractivity contribution in [1.82, 2.24) is 10.7 Å². The van der Waals surface area contributed by atoms with Crippen molar-refractivity contribution in [2.75, 3.05) is 25.6 Å². The van der Waals surface area contributed by atoms with E-state index in [2.05, 4.69) is 15.8 Å². The number of hydrogen-bond acceptors (Lipinski definition) is 7. The van der Waals surface area contributed by atoms with Crippen molar-refractivity contribution in [2.24, 2.45) is 5.10 Å². The SMILES string of the molecule is CCOC(=O)c1ccc(-c2ccc(/C=N/NC(=O)/C(=C/c3ccc(N(C)C)cc3)NC(=O)c3ccccc3)o2)cc1. The van der Waals surface area contributed by atoms with Gasteiger partial charge in [-0.25, -0.2) is 10.2 Å². The molecule has 41 heavy (non-hydrogen) atoms. The molecule has 0 saturated carbocycles. The highest BCUT2D eigenvalue weighted by molar-refractivity contribution is 6.05. The van der Waals surface area contributed by atoms with Crippen LogP contribution in [0.1, 0.15) is 39.0 Å². The van der Waals surface area contributed by atoms with Crippen molar-refractivity contribution in [3.8, 4) is 11.3 Å². The molecule has 0 aliphatic carbocycles. The van der Waals surface area contributed by atoms with Crippen LogP contribution in [0.2, 0.25) is 0 Å². The van der Waals surface area contributed by atoms with Crippen LogP contribution in [0.3, 0.4) is 0 Å². The molecule has 0 unspecified atom stereocenters. The van der Waals surface area contributed by atoms with E-state index < -0.39 is 11.8 Å². The van der Waals surface area contributed by atoms with Gasteiger partial charge in [0.1, 0.15) is 17.2 Å². The summed E-state index contributed by atoms with van der Waals surface area (Å²) in [6.07, 6.45) is 2.94. The highest BCUT2D eigenvalue weighted by Gasteiger charge is 2.15. The Labute approximate surface area is 238 Å². The van der Waals surface area contributed by atoms with Gasteiger partial charge in [-0.05, 0) is 67.1 Å². The van der Waals surface area contributed by atoms with Gasteiger partial charge in [-0.15, -0.1) is 0 Å². The van der Waals surface area contributed by atoms with Gasteiger partial charge in [-0.2, -0.15) is 5.10 Å². The van der Waals surface area contributed by atoms with E-state index in [1.165, 1.54) is 6.21 Å². The van der Waals surface area contributed by atoms with Gasteiger partial charge in [0.15, 0.2) is 0 Å². The first-order valence-corrected chi connectivity index (χ1v) is 12.9. The van der Waals surface area contributed by atoms with Gasteiger partial charge in [0.05, 0.1) is 18.4 Å². The Morgan fingerprint density at radius 1 is 0.878 bits per heavy atom. The third-order valence-corrected chi connectivity index (χ3v) is 5.91. The van der Waals surface area contributed by atoms with Crippen LogP contribution >= 0.6 is 0 Å². The van der Waals surface area contributed by atoms with Crippen LogP contribution in [0.5, 0.6) is 0 Å². The second-order valence-corrected chi connectivity index (χ2v) is 9.06. The minimum absolute atomic E-state index is 0.0235. The number of anilines is 1. The quantitative estimate of drug-likeness (QED) is 0.123. The molecule has 4 rings (SSSR count). The van der Waals surface area contributed by atoms with E-state index in [4.69, 9.17) is 9.15 Å². The molecule has 208 valence electrons. The third-order valence-electron chi connectivity index (χ3n) is 5.91. The molecule has 1 aromatic heterocycles. The maximum atomic E-state index is 13.1. The highest BCUT2D eigenvalue weighted by atomic mass is 16.5. The molecule has 0 bridgehead atoms. The minimum atomic E-state index is -0.608. The summed E-state index contributed by atoms with van der Waals surface area (Å²) in [4.78, 5) is 39.7. The number of hydrazone groups is 1. The van der Waals surface area contributed by atoms with Gasteiger partial charge < -0.3 is 19.4 Å². The maximum Gasteiger partial charge on any atom is 0.338 e. The number of rotatable bonds is 10. The lowest BCUT2D eigenvalue weighted by Crippen LogP contribution is -2.32.